The molecule has 2 N–H and O–H groups in total. The standard InChI is InChI=1S/C19H22FN3O2/c1-22(13-18(24)21-17-10-8-16(20)9-11-17)14-19(25)23(2)12-15-6-4-3-5-7-15/h3-11H,12-14H2,1-2H3,(H,21,24)/p+1. The molecule has 0 saturated carbocycles. The summed E-state index contributed by atoms with van der Waals surface area (Å²) >= 11 is 0. The summed E-state index contributed by atoms with van der Waals surface area (Å²) in [5, 5.41) is 2.69. The van der Waals surface area contributed by atoms with Gasteiger partial charge in [0.25, 0.3) is 11.8 Å². The maximum absolute atomic E-state index is 12.9. The number of anilines is 1. The van der Waals surface area contributed by atoms with Crippen molar-refractivity contribution in [2.75, 3.05) is 32.5 Å². The molecule has 2 rings (SSSR count). The van der Waals surface area contributed by atoms with Crippen LogP contribution in [0, 0.1) is 5.82 Å². The van der Waals surface area contributed by atoms with Gasteiger partial charge in [0.1, 0.15) is 5.82 Å². The average molecular weight is 344 g/mol. The Hall–Kier alpha value is -2.73. The number of halogens is 1. The molecule has 2 aromatic carbocycles. The van der Waals surface area contributed by atoms with E-state index in [4.69, 9.17) is 0 Å². The van der Waals surface area contributed by atoms with E-state index in [0.29, 0.717) is 12.2 Å². The lowest BCUT2D eigenvalue weighted by molar-refractivity contribution is -0.862. The molecule has 1 atom stereocenters. The first-order chi connectivity index (χ1) is 11.9. The van der Waals surface area contributed by atoms with Crippen LogP contribution in [-0.2, 0) is 16.1 Å². The number of amides is 2. The van der Waals surface area contributed by atoms with Crippen molar-refractivity contribution >= 4 is 17.5 Å². The number of benzene rings is 2. The van der Waals surface area contributed by atoms with Crippen LogP contribution in [0.15, 0.2) is 54.6 Å². The number of carbonyl (C=O) groups excluding carboxylic acids is 2. The summed E-state index contributed by atoms with van der Waals surface area (Å²) in [5.41, 5.74) is 1.59. The van der Waals surface area contributed by atoms with Crippen LogP contribution in [0.3, 0.4) is 0 Å². The van der Waals surface area contributed by atoms with Crippen LogP contribution in [0.2, 0.25) is 0 Å². The van der Waals surface area contributed by atoms with Crippen molar-refractivity contribution in [2.24, 2.45) is 0 Å². The third-order valence-electron chi connectivity index (χ3n) is 3.73. The Labute approximate surface area is 147 Å². The second-order valence-corrected chi connectivity index (χ2v) is 6.10. The zero-order valence-corrected chi connectivity index (χ0v) is 14.5. The van der Waals surface area contributed by atoms with Crippen LogP contribution in [0.25, 0.3) is 0 Å². The van der Waals surface area contributed by atoms with Crippen molar-refractivity contribution in [3.63, 3.8) is 0 Å². The van der Waals surface area contributed by atoms with Gasteiger partial charge in [-0.1, -0.05) is 30.3 Å². The zero-order chi connectivity index (χ0) is 18.2. The topological polar surface area (TPSA) is 53.9 Å². The third-order valence-corrected chi connectivity index (χ3v) is 3.73. The van der Waals surface area contributed by atoms with E-state index in [2.05, 4.69) is 5.32 Å². The van der Waals surface area contributed by atoms with E-state index in [1.165, 1.54) is 24.3 Å². The van der Waals surface area contributed by atoms with Crippen molar-refractivity contribution in [3.05, 3.63) is 66.0 Å². The summed E-state index contributed by atoms with van der Waals surface area (Å²) in [6.07, 6.45) is 0. The SMILES string of the molecule is CN(Cc1ccccc1)C(=O)C[NH+](C)CC(=O)Nc1ccc(F)cc1. The van der Waals surface area contributed by atoms with Crippen LogP contribution in [0.4, 0.5) is 10.1 Å². The molecule has 0 radical (unpaired) electrons. The Bertz CT molecular complexity index is 704. The average Bonchev–Trinajstić information content (AvgIpc) is 2.57. The van der Waals surface area contributed by atoms with Crippen LogP contribution >= 0.6 is 0 Å². The van der Waals surface area contributed by atoms with E-state index >= 15 is 0 Å². The fourth-order valence-electron chi connectivity index (χ4n) is 2.41. The van der Waals surface area contributed by atoms with E-state index in [-0.39, 0.29) is 30.7 Å². The lowest BCUT2D eigenvalue weighted by atomic mass is 10.2. The van der Waals surface area contributed by atoms with Gasteiger partial charge in [-0.25, -0.2) is 4.39 Å². The Morgan fingerprint density at radius 3 is 2.32 bits per heavy atom. The van der Waals surface area contributed by atoms with Crippen LogP contribution in [-0.4, -0.2) is 43.9 Å². The van der Waals surface area contributed by atoms with Crippen LogP contribution in [0.1, 0.15) is 5.56 Å². The summed E-state index contributed by atoms with van der Waals surface area (Å²) in [5.74, 6) is -0.605. The number of quaternary nitrogens is 1. The largest absolute Gasteiger partial charge is 0.337 e. The van der Waals surface area contributed by atoms with Gasteiger partial charge in [-0.15, -0.1) is 0 Å². The molecular weight excluding hydrogens is 321 g/mol. The van der Waals surface area contributed by atoms with Gasteiger partial charge in [0, 0.05) is 19.3 Å². The number of hydrogen-bond acceptors (Lipinski definition) is 2. The minimum atomic E-state index is -0.354. The fourth-order valence-corrected chi connectivity index (χ4v) is 2.41. The third kappa shape index (κ3) is 6.35. The van der Waals surface area contributed by atoms with E-state index in [1.54, 1.807) is 19.0 Å². The first kappa shape index (κ1) is 18.6. The van der Waals surface area contributed by atoms with Crippen LogP contribution < -0.4 is 10.2 Å². The second-order valence-electron chi connectivity index (χ2n) is 6.10. The number of hydrogen-bond donors (Lipinski definition) is 2. The molecule has 6 heteroatoms. The van der Waals surface area contributed by atoms with Gasteiger partial charge in [-0.05, 0) is 29.8 Å². The maximum Gasteiger partial charge on any atom is 0.279 e. The van der Waals surface area contributed by atoms with E-state index in [9.17, 15) is 14.0 Å². The smallest absolute Gasteiger partial charge is 0.279 e. The molecule has 132 valence electrons. The number of nitrogens with one attached hydrogen (secondary N) is 2. The summed E-state index contributed by atoms with van der Waals surface area (Å²) in [4.78, 5) is 26.7. The molecule has 0 bridgehead atoms. The number of carbonyl (C=O) groups is 2. The van der Waals surface area contributed by atoms with Gasteiger partial charge in [-0.3, -0.25) is 9.59 Å². The van der Waals surface area contributed by atoms with Gasteiger partial charge in [0.2, 0.25) is 0 Å². The zero-order valence-electron chi connectivity index (χ0n) is 14.5. The number of rotatable bonds is 7. The van der Waals surface area contributed by atoms with Gasteiger partial charge in [-0.2, -0.15) is 0 Å². The Morgan fingerprint density at radius 1 is 1.04 bits per heavy atom. The minimum Gasteiger partial charge on any atom is -0.337 e. The van der Waals surface area contributed by atoms with Gasteiger partial charge in [0.15, 0.2) is 13.1 Å². The summed E-state index contributed by atoms with van der Waals surface area (Å²) < 4.78 is 12.9. The molecule has 0 aromatic heterocycles. The highest BCUT2D eigenvalue weighted by atomic mass is 19.1. The molecule has 1 unspecified atom stereocenters. The normalized spacial score (nSPS) is 11.6. The predicted octanol–water partition coefficient (Wildman–Crippen LogP) is 0.938. The summed E-state index contributed by atoms with van der Waals surface area (Å²) in [6.45, 7) is 0.914. The first-order valence-corrected chi connectivity index (χ1v) is 8.08. The maximum atomic E-state index is 12.9. The number of likely N-dealkylation sites (N-methyl/N-ethyl adjacent to an activating group) is 2. The lowest BCUT2D eigenvalue weighted by Gasteiger charge is -2.20. The molecular formula is C19H23FN3O2+. The summed E-state index contributed by atoms with van der Waals surface area (Å²) in [6, 6.07) is 15.3. The van der Waals surface area contributed by atoms with Crippen molar-refractivity contribution in [3.8, 4) is 0 Å². The Morgan fingerprint density at radius 2 is 1.68 bits per heavy atom. The molecule has 2 aromatic rings. The van der Waals surface area contributed by atoms with Crippen molar-refractivity contribution in [1.29, 1.82) is 0 Å². The van der Waals surface area contributed by atoms with E-state index in [0.717, 1.165) is 10.5 Å². The lowest BCUT2D eigenvalue weighted by Crippen LogP contribution is -3.11. The van der Waals surface area contributed by atoms with Crippen molar-refractivity contribution in [2.45, 2.75) is 6.54 Å². The molecule has 0 aliphatic heterocycles. The quantitative estimate of drug-likeness (QED) is 0.785. The van der Waals surface area contributed by atoms with E-state index in [1.807, 2.05) is 30.3 Å². The van der Waals surface area contributed by atoms with Gasteiger partial charge >= 0.3 is 0 Å². The van der Waals surface area contributed by atoms with Gasteiger partial charge in [0.05, 0.1) is 7.05 Å². The molecule has 0 saturated heterocycles. The summed E-state index contributed by atoms with van der Waals surface area (Å²) in [7, 11) is 3.54. The Balaban J connectivity index is 1.78. The molecule has 0 heterocycles. The second kappa shape index (κ2) is 8.94. The first-order valence-electron chi connectivity index (χ1n) is 8.08. The molecule has 25 heavy (non-hydrogen) atoms. The highest BCUT2D eigenvalue weighted by Crippen LogP contribution is 2.07. The number of nitrogens with zero attached hydrogens (tertiary/aromatic N) is 1. The van der Waals surface area contributed by atoms with Crippen LogP contribution in [0.5, 0.6) is 0 Å². The molecule has 0 fully saturated rings. The van der Waals surface area contributed by atoms with Crippen molar-refractivity contribution in [1.82, 2.24) is 4.90 Å². The Kier molecular flexibility index (Phi) is 6.65. The highest BCUT2D eigenvalue weighted by Gasteiger charge is 2.17. The van der Waals surface area contributed by atoms with Crippen molar-refractivity contribution < 1.29 is 18.9 Å². The van der Waals surface area contributed by atoms with Gasteiger partial charge < -0.3 is 15.1 Å². The van der Waals surface area contributed by atoms with E-state index < -0.39 is 0 Å². The monoisotopic (exact) mass is 344 g/mol. The fraction of sp³-hybridized carbons (Fsp3) is 0.263. The molecule has 0 aliphatic rings. The highest BCUT2D eigenvalue weighted by molar-refractivity contribution is 5.91. The minimum absolute atomic E-state index is 0.0315. The predicted molar refractivity (Wildman–Crippen MR) is 94.6 cm³/mol. The molecule has 0 aliphatic carbocycles. The molecule has 2 amide bonds. The molecule has 5 nitrogen and oxygen atoms in total. The molecule has 0 spiro atoms.